The minimum absolute atomic E-state index is 0.0142. The molecule has 1 N–H and O–H groups in total. The SMILES string of the molecule is Cc1cccc(C)c1N1CC(CO)N(c2c(C)cccc2C)C1=NC#N. The number of para-hydroxylation sites is 2. The van der Waals surface area contributed by atoms with Gasteiger partial charge in [-0.05, 0) is 49.9 Å². The first kappa shape index (κ1) is 18.0. The van der Waals surface area contributed by atoms with Gasteiger partial charge in [-0.25, -0.2) is 0 Å². The van der Waals surface area contributed by atoms with Crippen LogP contribution in [0.15, 0.2) is 41.4 Å². The average Bonchev–Trinajstić information content (AvgIpc) is 2.93. The molecule has 3 rings (SSSR count). The summed E-state index contributed by atoms with van der Waals surface area (Å²) in [6.45, 7) is 8.77. The van der Waals surface area contributed by atoms with Crippen LogP contribution in [0, 0.1) is 39.1 Å². The van der Waals surface area contributed by atoms with Crippen molar-refractivity contribution in [1.29, 1.82) is 5.26 Å². The number of aliphatic hydroxyl groups is 1. The lowest BCUT2D eigenvalue weighted by molar-refractivity contribution is 0.273. The molecule has 0 aromatic heterocycles. The maximum atomic E-state index is 10.1. The molecule has 5 heteroatoms. The number of nitriles is 1. The number of nitrogens with zero attached hydrogens (tertiary/aromatic N) is 4. The number of aryl methyl sites for hydroxylation is 4. The molecule has 1 aliphatic rings. The van der Waals surface area contributed by atoms with E-state index in [1.54, 1.807) is 0 Å². The van der Waals surface area contributed by atoms with Gasteiger partial charge in [0.15, 0.2) is 0 Å². The number of hydrogen-bond donors (Lipinski definition) is 1. The van der Waals surface area contributed by atoms with Crippen molar-refractivity contribution in [3.8, 4) is 6.19 Å². The molecule has 2 aromatic rings. The lowest BCUT2D eigenvalue weighted by Gasteiger charge is -2.28. The summed E-state index contributed by atoms with van der Waals surface area (Å²) in [6, 6.07) is 12.1. The highest BCUT2D eigenvalue weighted by molar-refractivity contribution is 6.12. The topological polar surface area (TPSA) is 62.9 Å². The van der Waals surface area contributed by atoms with Gasteiger partial charge in [-0.1, -0.05) is 36.4 Å². The number of benzene rings is 2. The summed E-state index contributed by atoms with van der Waals surface area (Å²) in [5, 5.41) is 19.4. The van der Waals surface area contributed by atoms with E-state index in [0.717, 1.165) is 33.6 Å². The predicted molar refractivity (Wildman–Crippen MR) is 106 cm³/mol. The Balaban J connectivity index is 2.20. The van der Waals surface area contributed by atoms with Crippen LogP contribution in [0.2, 0.25) is 0 Å². The van der Waals surface area contributed by atoms with E-state index in [2.05, 4.69) is 35.9 Å². The molecule has 1 fully saturated rings. The molecule has 1 aliphatic heterocycles. The fourth-order valence-electron chi connectivity index (χ4n) is 3.86. The van der Waals surface area contributed by atoms with E-state index in [-0.39, 0.29) is 12.6 Å². The first-order valence-electron chi connectivity index (χ1n) is 8.76. The summed E-state index contributed by atoms with van der Waals surface area (Å²) < 4.78 is 0. The smallest absolute Gasteiger partial charge is 0.222 e. The van der Waals surface area contributed by atoms with Gasteiger partial charge in [-0.3, -0.25) is 0 Å². The number of aliphatic imine (C=N–C) groups is 1. The van der Waals surface area contributed by atoms with Crippen LogP contribution in [-0.2, 0) is 0 Å². The second-order valence-electron chi connectivity index (χ2n) is 6.81. The summed E-state index contributed by atoms with van der Waals surface area (Å²) in [5.74, 6) is 0.571. The van der Waals surface area contributed by atoms with Gasteiger partial charge < -0.3 is 14.9 Å². The van der Waals surface area contributed by atoms with Crippen molar-refractivity contribution in [2.45, 2.75) is 33.7 Å². The first-order valence-corrected chi connectivity index (χ1v) is 8.76. The maximum Gasteiger partial charge on any atom is 0.222 e. The molecular weight excluding hydrogens is 324 g/mol. The molecule has 0 amide bonds. The molecule has 26 heavy (non-hydrogen) atoms. The molecule has 0 aliphatic carbocycles. The molecule has 0 spiro atoms. The largest absolute Gasteiger partial charge is 0.394 e. The Morgan fingerprint density at radius 2 is 1.50 bits per heavy atom. The molecule has 1 atom stereocenters. The summed E-state index contributed by atoms with van der Waals surface area (Å²) in [7, 11) is 0. The van der Waals surface area contributed by atoms with Crippen molar-refractivity contribution in [2.24, 2.45) is 4.99 Å². The van der Waals surface area contributed by atoms with Gasteiger partial charge in [0, 0.05) is 12.2 Å². The van der Waals surface area contributed by atoms with E-state index < -0.39 is 0 Å². The number of aliphatic hydroxyl groups excluding tert-OH is 1. The van der Waals surface area contributed by atoms with E-state index in [1.807, 2.05) is 49.2 Å². The monoisotopic (exact) mass is 348 g/mol. The van der Waals surface area contributed by atoms with Crippen molar-refractivity contribution in [2.75, 3.05) is 23.0 Å². The number of rotatable bonds is 3. The molecular formula is C21H24N4O. The fourth-order valence-corrected chi connectivity index (χ4v) is 3.86. The van der Waals surface area contributed by atoms with Crippen molar-refractivity contribution >= 4 is 17.3 Å². The number of hydrogen-bond acceptors (Lipinski definition) is 3. The van der Waals surface area contributed by atoms with Gasteiger partial charge >= 0.3 is 0 Å². The molecule has 5 nitrogen and oxygen atoms in total. The summed E-state index contributed by atoms with van der Waals surface area (Å²) in [4.78, 5) is 8.23. The third-order valence-electron chi connectivity index (χ3n) is 4.97. The highest BCUT2D eigenvalue weighted by atomic mass is 16.3. The molecule has 0 radical (unpaired) electrons. The zero-order valence-electron chi connectivity index (χ0n) is 15.7. The lowest BCUT2D eigenvalue weighted by Crippen LogP contribution is -2.39. The molecule has 134 valence electrons. The Labute approximate surface area is 154 Å². The molecule has 0 saturated carbocycles. The van der Waals surface area contributed by atoms with Crippen LogP contribution in [0.5, 0.6) is 0 Å². The Morgan fingerprint density at radius 1 is 1.00 bits per heavy atom. The highest BCUT2D eigenvalue weighted by Gasteiger charge is 2.39. The summed E-state index contributed by atoms with van der Waals surface area (Å²) in [5.41, 5.74) is 6.49. The van der Waals surface area contributed by atoms with Gasteiger partial charge in [-0.2, -0.15) is 5.26 Å². The molecule has 1 unspecified atom stereocenters. The third kappa shape index (κ3) is 2.93. The highest BCUT2D eigenvalue weighted by Crippen LogP contribution is 2.35. The standard InChI is InChI=1S/C21H24N4O/c1-14-7-5-8-15(2)19(14)24-11-18(12-26)25(21(24)23-13-22)20-16(3)9-6-10-17(20)4/h5-10,18,26H,11-12H2,1-4H3. The van der Waals surface area contributed by atoms with Crippen LogP contribution in [-0.4, -0.2) is 30.3 Å². The maximum absolute atomic E-state index is 10.1. The van der Waals surface area contributed by atoms with Crippen molar-refractivity contribution in [3.63, 3.8) is 0 Å². The van der Waals surface area contributed by atoms with Gasteiger partial charge in [0.2, 0.25) is 12.2 Å². The molecule has 2 aromatic carbocycles. The quantitative estimate of drug-likeness (QED) is 0.863. The second kappa shape index (κ2) is 7.19. The van der Waals surface area contributed by atoms with Gasteiger partial charge in [0.1, 0.15) is 0 Å². The van der Waals surface area contributed by atoms with Crippen molar-refractivity contribution in [1.82, 2.24) is 0 Å². The number of anilines is 2. The van der Waals surface area contributed by atoms with E-state index in [4.69, 9.17) is 0 Å². The van der Waals surface area contributed by atoms with Crippen LogP contribution in [0.3, 0.4) is 0 Å². The Kier molecular flexibility index (Phi) is 4.97. The summed E-state index contributed by atoms with van der Waals surface area (Å²) in [6.07, 6.45) is 1.95. The van der Waals surface area contributed by atoms with E-state index in [1.165, 1.54) is 0 Å². The molecule has 0 bridgehead atoms. The number of guanidine groups is 1. The normalized spacial score (nSPS) is 18.5. The van der Waals surface area contributed by atoms with Crippen molar-refractivity contribution < 1.29 is 5.11 Å². The van der Waals surface area contributed by atoms with Crippen LogP contribution in [0.1, 0.15) is 22.3 Å². The van der Waals surface area contributed by atoms with Crippen LogP contribution in [0.4, 0.5) is 11.4 Å². The zero-order valence-corrected chi connectivity index (χ0v) is 15.7. The second-order valence-corrected chi connectivity index (χ2v) is 6.81. The van der Waals surface area contributed by atoms with Crippen LogP contribution in [0.25, 0.3) is 0 Å². The van der Waals surface area contributed by atoms with Gasteiger partial charge in [-0.15, -0.1) is 4.99 Å². The Bertz CT molecular complexity index is 857. The predicted octanol–water partition coefficient (Wildman–Crippen LogP) is 3.44. The third-order valence-corrected chi connectivity index (χ3v) is 4.97. The minimum atomic E-state index is -0.166. The molecule has 1 heterocycles. The first-order chi connectivity index (χ1) is 12.5. The minimum Gasteiger partial charge on any atom is -0.394 e. The zero-order chi connectivity index (χ0) is 18.8. The van der Waals surface area contributed by atoms with E-state index in [9.17, 15) is 10.4 Å². The van der Waals surface area contributed by atoms with E-state index in [0.29, 0.717) is 12.5 Å². The lowest BCUT2D eigenvalue weighted by atomic mass is 10.1. The average molecular weight is 348 g/mol. The van der Waals surface area contributed by atoms with Gasteiger partial charge in [0.25, 0.3) is 0 Å². The fraction of sp³-hybridized carbons (Fsp3) is 0.333. The Morgan fingerprint density at radius 3 is 1.96 bits per heavy atom. The Hall–Kier alpha value is -2.84. The van der Waals surface area contributed by atoms with Crippen LogP contribution < -0.4 is 9.80 Å². The van der Waals surface area contributed by atoms with Crippen LogP contribution >= 0.6 is 0 Å². The van der Waals surface area contributed by atoms with Gasteiger partial charge in [0.05, 0.1) is 18.3 Å². The molecule has 1 saturated heterocycles. The summed E-state index contributed by atoms with van der Waals surface area (Å²) >= 11 is 0. The van der Waals surface area contributed by atoms with E-state index >= 15 is 0 Å². The van der Waals surface area contributed by atoms with Crippen molar-refractivity contribution in [3.05, 3.63) is 58.7 Å².